The zero-order valence-corrected chi connectivity index (χ0v) is 10.0. The van der Waals surface area contributed by atoms with Crippen LogP contribution in [0.2, 0.25) is 0 Å². The number of nitrogens with zero attached hydrogens (tertiary/aromatic N) is 2. The summed E-state index contributed by atoms with van der Waals surface area (Å²) in [6.45, 7) is 2.05. The summed E-state index contributed by atoms with van der Waals surface area (Å²) in [4.78, 5) is 8.21. The average Bonchev–Trinajstić information content (AvgIpc) is 2.14. The molecule has 0 aliphatic heterocycles. The Morgan fingerprint density at radius 2 is 2.12 bits per heavy atom. The topological polar surface area (TPSA) is 110 Å². The van der Waals surface area contributed by atoms with E-state index in [-0.39, 0.29) is 12.3 Å². The molecule has 16 heavy (non-hydrogen) atoms. The Bertz CT molecular complexity index is 459. The highest BCUT2D eigenvalue weighted by atomic mass is 32.2. The van der Waals surface area contributed by atoms with Crippen LogP contribution >= 0.6 is 0 Å². The normalized spacial score (nSPS) is 11.2. The first kappa shape index (κ1) is 12.7. The minimum absolute atomic E-state index is 0.134. The monoisotopic (exact) mass is 245 g/mol. The van der Waals surface area contributed by atoms with E-state index in [2.05, 4.69) is 20.6 Å². The third kappa shape index (κ3) is 4.41. The molecule has 90 valence electrons. The van der Waals surface area contributed by atoms with Crippen molar-refractivity contribution in [2.24, 2.45) is 5.14 Å². The van der Waals surface area contributed by atoms with Gasteiger partial charge in [-0.15, -0.1) is 0 Å². The van der Waals surface area contributed by atoms with Crippen molar-refractivity contribution in [3.63, 3.8) is 0 Å². The fourth-order valence-electron chi connectivity index (χ4n) is 1.09. The van der Waals surface area contributed by atoms with Crippen molar-refractivity contribution in [1.82, 2.24) is 9.97 Å². The van der Waals surface area contributed by atoms with E-state index in [1.165, 1.54) is 0 Å². The fraction of sp³-hybridized carbons (Fsp3) is 0.500. The predicted octanol–water partition coefficient (Wildman–Crippen LogP) is -0.473. The van der Waals surface area contributed by atoms with Crippen molar-refractivity contribution < 1.29 is 8.42 Å². The summed E-state index contributed by atoms with van der Waals surface area (Å²) in [6.07, 6.45) is 0. The van der Waals surface area contributed by atoms with Gasteiger partial charge in [-0.2, -0.15) is 4.98 Å². The lowest BCUT2D eigenvalue weighted by Crippen LogP contribution is -2.22. The first-order chi connectivity index (χ1) is 7.40. The molecule has 7 nitrogen and oxygen atoms in total. The standard InChI is InChI=1S/C8H15N5O2S/c1-6-5-7(13-8(10-2)12-6)11-3-4-16(9,14)15/h5H,3-4H2,1-2H3,(H2,9,14,15)(H2,10,11,12,13). The van der Waals surface area contributed by atoms with Gasteiger partial charge in [0.25, 0.3) is 0 Å². The van der Waals surface area contributed by atoms with Crippen LogP contribution in [0.25, 0.3) is 0 Å². The number of primary sulfonamides is 1. The Hall–Kier alpha value is -1.41. The second-order valence-electron chi connectivity index (χ2n) is 3.26. The lowest BCUT2D eigenvalue weighted by atomic mass is 10.4. The minimum Gasteiger partial charge on any atom is -0.369 e. The number of aryl methyl sites for hydroxylation is 1. The molecule has 0 amide bonds. The van der Waals surface area contributed by atoms with Crippen molar-refractivity contribution >= 4 is 21.8 Å². The van der Waals surface area contributed by atoms with Crippen LogP contribution in [-0.4, -0.2) is 37.7 Å². The molecule has 0 aromatic carbocycles. The number of sulfonamides is 1. The predicted molar refractivity (Wildman–Crippen MR) is 62.8 cm³/mol. The Kier molecular flexibility index (Phi) is 4.02. The number of rotatable bonds is 5. The number of hydrogen-bond acceptors (Lipinski definition) is 6. The summed E-state index contributed by atoms with van der Waals surface area (Å²) < 4.78 is 21.4. The van der Waals surface area contributed by atoms with E-state index < -0.39 is 10.0 Å². The van der Waals surface area contributed by atoms with Gasteiger partial charge in [0.1, 0.15) is 5.82 Å². The second-order valence-corrected chi connectivity index (χ2v) is 5.00. The summed E-state index contributed by atoms with van der Waals surface area (Å²) >= 11 is 0. The molecule has 4 N–H and O–H groups in total. The number of aromatic nitrogens is 2. The molecule has 0 atom stereocenters. The molecule has 1 rings (SSSR count). The molecule has 0 radical (unpaired) electrons. The number of anilines is 2. The molecule has 0 unspecified atom stereocenters. The molecular weight excluding hydrogens is 230 g/mol. The maximum absolute atomic E-state index is 10.7. The third-order valence-electron chi connectivity index (χ3n) is 1.77. The van der Waals surface area contributed by atoms with E-state index in [1.54, 1.807) is 13.1 Å². The van der Waals surface area contributed by atoms with E-state index in [1.807, 2.05) is 6.92 Å². The van der Waals surface area contributed by atoms with Gasteiger partial charge >= 0.3 is 0 Å². The van der Waals surface area contributed by atoms with Crippen molar-refractivity contribution in [2.45, 2.75) is 6.92 Å². The average molecular weight is 245 g/mol. The molecule has 0 fully saturated rings. The van der Waals surface area contributed by atoms with Gasteiger partial charge in [-0.05, 0) is 6.92 Å². The van der Waals surface area contributed by atoms with Gasteiger partial charge in [-0.3, -0.25) is 0 Å². The summed E-state index contributed by atoms with van der Waals surface area (Å²) in [6, 6.07) is 1.73. The lowest BCUT2D eigenvalue weighted by Gasteiger charge is -2.07. The summed E-state index contributed by atoms with van der Waals surface area (Å²) in [5.74, 6) is 0.920. The van der Waals surface area contributed by atoms with Crippen LogP contribution in [0, 0.1) is 6.92 Å². The van der Waals surface area contributed by atoms with Crippen molar-refractivity contribution in [3.8, 4) is 0 Å². The van der Waals surface area contributed by atoms with Crippen molar-refractivity contribution in [1.29, 1.82) is 0 Å². The third-order valence-corrected chi connectivity index (χ3v) is 2.54. The Morgan fingerprint density at radius 1 is 1.44 bits per heavy atom. The fourth-order valence-corrected chi connectivity index (χ4v) is 1.48. The smallest absolute Gasteiger partial charge is 0.224 e. The van der Waals surface area contributed by atoms with E-state index in [9.17, 15) is 8.42 Å². The van der Waals surface area contributed by atoms with E-state index in [4.69, 9.17) is 5.14 Å². The van der Waals surface area contributed by atoms with Gasteiger partial charge in [0.2, 0.25) is 16.0 Å². The van der Waals surface area contributed by atoms with E-state index in [0.29, 0.717) is 11.8 Å². The number of nitrogens with one attached hydrogen (secondary N) is 2. The molecule has 0 saturated heterocycles. The van der Waals surface area contributed by atoms with Gasteiger partial charge in [-0.25, -0.2) is 18.5 Å². The molecule has 0 saturated carbocycles. The molecule has 0 bridgehead atoms. The first-order valence-corrected chi connectivity index (χ1v) is 6.40. The molecule has 0 aliphatic rings. The Balaban J connectivity index is 2.63. The van der Waals surface area contributed by atoms with Gasteiger partial charge in [0, 0.05) is 25.4 Å². The lowest BCUT2D eigenvalue weighted by molar-refractivity contribution is 0.598. The van der Waals surface area contributed by atoms with Crippen LogP contribution in [-0.2, 0) is 10.0 Å². The highest BCUT2D eigenvalue weighted by molar-refractivity contribution is 7.89. The van der Waals surface area contributed by atoms with Crippen LogP contribution in [0.1, 0.15) is 5.69 Å². The van der Waals surface area contributed by atoms with Crippen LogP contribution in [0.3, 0.4) is 0 Å². The summed E-state index contributed by atoms with van der Waals surface area (Å²) in [7, 11) is -1.73. The summed E-state index contributed by atoms with van der Waals surface area (Å²) in [5, 5.41) is 10.5. The first-order valence-electron chi connectivity index (χ1n) is 4.68. The maximum Gasteiger partial charge on any atom is 0.224 e. The quantitative estimate of drug-likeness (QED) is 0.646. The van der Waals surface area contributed by atoms with Gasteiger partial charge < -0.3 is 10.6 Å². The van der Waals surface area contributed by atoms with Crippen LogP contribution in [0.15, 0.2) is 6.07 Å². The van der Waals surface area contributed by atoms with Crippen molar-refractivity contribution in [2.75, 3.05) is 30.0 Å². The molecule has 1 aromatic rings. The zero-order valence-electron chi connectivity index (χ0n) is 9.19. The zero-order chi connectivity index (χ0) is 12.2. The molecule has 1 heterocycles. The second kappa shape index (κ2) is 5.08. The number of hydrogen-bond donors (Lipinski definition) is 3. The molecule has 8 heteroatoms. The molecule has 1 aromatic heterocycles. The Labute approximate surface area is 94.5 Å². The maximum atomic E-state index is 10.7. The number of nitrogens with two attached hydrogens (primary N) is 1. The van der Waals surface area contributed by atoms with Gasteiger partial charge in [-0.1, -0.05) is 0 Å². The van der Waals surface area contributed by atoms with Crippen LogP contribution in [0.5, 0.6) is 0 Å². The molecule has 0 spiro atoms. The highest BCUT2D eigenvalue weighted by Crippen LogP contribution is 2.08. The van der Waals surface area contributed by atoms with Gasteiger partial charge in [0.15, 0.2) is 0 Å². The largest absolute Gasteiger partial charge is 0.369 e. The molecular formula is C8H15N5O2S. The van der Waals surface area contributed by atoms with Gasteiger partial charge in [0.05, 0.1) is 5.75 Å². The van der Waals surface area contributed by atoms with E-state index in [0.717, 1.165) is 5.69 Å². The Morgan fingerprint density at radius 3 is 2.69 bits per heavy atom. The van der Waals surface area contributed by atoms with Crippen LogP contribution in [0.4, 0.5) is 11.8 Å². The van der Waals surface area contributed by atoms with Crippen LogP contribution < -0.4 is 15.8 Å². The minimum atomic E-state index is -3.44. The van der Waals surface area contributed by atoms with Crippen molar-refractivity contribution in [3.05, 3.63) is 11.8 Å². The highest BCUT2D eigenvalue weighted by Gasteiger charge is 2.03. The molecule has 0 aliphatic carbocycles. The SMILES string of the molecule is CNc1nc(C)cc(NCCS(N)(=O)=O)n1. The summed E-state index contributed by atoms with van der Waals surface area (Å²) in [5.41, 5.74) is 0.789. The van der Waals surface area contributed by atoms with E-state index >= 15 is 0 Å².